The van der Waals surface area contributed by atoms with Crippen LogP contribution in [0.5, 0.6) is 0 Å². The van der Waals surface area contributed by atoms with E-state index in [1.807, 2.05) is 0 Å². The number of hydrogen-bond donors (Lipinski definition) is 0. The summed E-state index contributed by atoms with van der Waals surface area (Å²) in [6.45, 7) is 6.06. The van der Waals surface area contributed by atoms with E-state index in [-0.39, 0.29) is 5.41 Å². The Bertz CT molecular complexity index is 646. The third kappa shape index (κ3) is 3.31. The lowest BCUT2D eigenvalue weighted by molar-refractivity contribution is -0.138. The van der Waals surface area contributed by atoms with Crippen LogP contribution in [0.2, 0.25) is 0 Å². The Morgan fingerprint density at radius 1 is 1.28 bits per heavy atom. The van der Waals surface area contributed by atoms with Crippen LogP contribution >= 0.6 is 0 Å². The molecule has 25 heavy (non-hydrogen) atoms. The lowest BCUT2D eigenvalue weighted by atomic mass is 9.73. The van der Waals surface area contributed by atoms with Crippen LogP contribution in [0.4, 0.5) is 11.6 Å². The Kier molecular flexibility index (Phi) is 4.29. The van der Waals surface area contributed by atoms with E-state index in [9.17, 15) is 4.79 Å². The molecule has 2 aliphatic heterocycles. The Hall–Kier alpha value is -1.85. The average molecular weight is 343 g/mol. The second kappa shape index (κ2) is 6.46. The normalized spacial score (nSPS) is 27.0. The molecule has 0 radical (unpaired) electrons. The molecular formula is C19H29N5O. The largest absolute Gasteiger partial charge is 0.360 e. The van der Waals surface area contributed by atoms with Crippen molar-refractivity contribution in [1.29, 1.82) is 0 Å². The van der Waals surface area contributed by atoms with Crippen molar-refractivity contribution in [3.63, 3.8) is 0 Å². The zero-order chi connectivity index (χ0) is 17.4. The van der Waals surface area contributed by atoms with Crippen molar-refractivity contribution in [2.24, 2.45) is 5.41 Å². The van der Waals surface area contributed by atoms with E-state index < -0.39 is 0 Å². The highest BCUT2D eigenvalue weighted by atomic mass is 16.2. The lowest BCUT2D eigenvalue weighted by Crippen LogP contribution is -2.54. The number of carbonyl (C=O) groups excluding carboxylic acids is 1. The van der Waals surface area contributed by atoms with E-state index in [0.29, 0.717) is 11.9 Å². The molecule has 6 nitrogen and oxygen atoms in total. The molecule has 1 amide bonds. The summed E-state index contributed by atoms with van der Waals surface area (Å²) in [6.07, 6.45) is 8.23. The summed E-state index contributed by atoms with van der Waals surface area (Å²) in [7, 11) is 2.06. The van der Waals surface area contributed by atoms with Crippen molar-refractivity contribution in [3.05, 3.63) is 12.4 Å². The van der Waals surface area contributed by atoms with Crippen molar-refractivity contribution in [3.8, 4) is 0 Å². The van der Waals surface area contributed by atoms with E-state index in [0.717, 1.165) is 50.7 Å². The minimum Gasteiger partial charge on any atom is -0.360 e. The summed E-state index contributed by atoms with van der Waals surface area (Å²) < 4.78 is 0. The second-order valence-corrected chi connectivity index (χ2v) is 8.03. The third-order valence-electron chi connectivity index (χ3n) is 6.17. The summed E-state index contributed by atoms with van der Waals surface area (Å²) in [4.78, 5) is 28.0. The summed E-state index contributed by atoms with van der Waals surface area (Å²) in [6, 6.07) is 2.64. The number of carbonyl (C=O) groups is 1. The van der Waals surface area contributed by atoms with E-state index in [1.54, 1.807) is 6.33 Å². The van der Waals surface area contributed by atoms with E-state index in [1.165, 1.54) is 25.7 Å². The van der Waals surface area contributed by atoms with E-state index in [4.69, 9.17) is 0 Å². The minimum absolute atomic E-state index is 0.247. The monoisotopic (exact) mass is 343 g/mol. The Morgan fingerprint density at radius 3 is 2.88 bits per heavy atom. The maximum Gasteiger partial charge on any atom is 0.222 e. The topological polar surface area (TPSA) is 52.6 Å². The van der Waals surface area contributed by atoms with Crippen molar-refractivity contribution >= 4 is 17.5 Å². The molecule has 3 fully saturated rings. The number of amides is 1. The maximum absolute atomic E-state index is 12.3. The van der Waals surface area contributed by atoms with Crippen molar-refractivity contribution in [2.75, 3.05) is 43.0 Å². The van der Waals surface area contributed by atoms with Gasteiger partial charge < -0.3 is 14.7 Å². The number of anilines is 2. The van der Waals surface area contributed by atoms with Gasteiger partial charge in [0.2, 0.25) is 5.91 Å². The summed E-state index contributed by atoms with van der Waals surface area (Å²) in [5.41, 5.74) is 0.247. The molecule has 1 spiro atoms. The van der Waals surface area contributed by atoms with Gasteiger partial charge in [-0.2, -0.15) is 0 Å². The quantitative estimate of drug-likeness (QED) is 0.840. The fraction of sp³-hybridized carbons (Fsp3) is 0.737. The first-order chi connectivity index (χ1) is 12.1. The van der Waals surface area contributed by atoms with Gasteiger partial charge in [-0.3, -0.25) is 4.79 Å². The van der Waals surface area contributed by atoms with Crippen LogP contribution < -0.4 is 9.80 Å². The van der Waals surface area contributed by atoms with Gasteiger partial charge in [0.15, 0.2) is 0 Å². The predicted octanol–water partition coefficient (Wildman–Crippen LogP) is 2.30. The molecule has 1 saturated carbocycles. The van der Waals surface area contributed by atoms with Crippen LogP contribution in [0.15, 0.2) is 12.4 Å². The van der Waals surface area contributed by atoms with Crippen LogP contribution in [0.1, 0.15) is 45.4 Å². The summed E-state index contributed by atoms with van der Waals surface area (Å²) in [5, 5.41) is 0. The van der Waals surface area contributed by atoms with Gasteiger partial charge in [0.25, 0.3) is 0 Å². The highest BCUT2D eigenvalue weighted by Crippen LogP contribution is 2.43. The van der Waals surface area contributed by atoms with Crippen LogP contribution in [0.25, 0.3) is 0 Å². The number of nitrogens with zero attached hydrogens (tertiary/aromatic N) is 5. The van der Waals surface area contributed by atoms with Gasteiger partial charge in [0, 0.05) is 57.2 Å². The van der Waals surface area contributed by atoms with E-state index in [2.05, 4.69) is 44.7 Å². The first kappa shape index (κ1) is 16.6. The molecular weight excluding hydrogens is 314 g/mol. The molecule has 0 bridgehead atoms. The molecule has 2 saturated heterocycles. The highest BCUT2D eigenvalue weighted by Gasteiger charge is 2.45. The number of aromatic nitrogens is 2. The molecule has 0 unspecified atom stereocenters. The molecule has 3 aliphatic rings. The van der Waals surface area contributed by atoms with Crippen LogP contribution in [0, 0.1) is 5.41 Å². The Balaban J connectivity index is 1.52. The molecule has 1 atom stereocenters. The molecule has 3 heterocycles. The molecule has 0 aromatic carbocycles. The zero-order valence-corrected chi connectivity index (χ0v) is 15.4. The average Bonchev–Trinajstić information content (AvgIpc) is 3.49. The summed E-state index contributed by atoms with van der Waals surface area (Å²) >= 11 is 0. The predicted molar refractivity (Wildman–Crippen MR) is 98.8 cm³/mol. The standard InChI is InChI=1S/C19H29N5O/c1-3-22(2)16-11-17(21-14-20-16)23-10-4-8-19(12-23)9-7-18(25)24(13-19)15-5-6-15/h11,14-15H,3-10,12-13H2,1-2H3/t19-/m1/s1. The Labute approximate surface area is 150 Å². The first-order valence-corrected chi connectivity index (χ1v) is 9.68. The zero-order valence-electron chi connectivity index (χ0n) is 15.4. The maximum atomic E-state index is 12.3. The molecule has 1 aromatic rings. The van der Waals surface area contributed by atoms with Gasteiger partial charge in [-0.25, -0.2) is 9.97 Å². The van der Waals surface area contributed by atoms with Gasteiger partial charge >= 0.3 is 0 Å². The summed E-state index contributed by atoms with van der Waals surface area (Å²) in [5.74, 6) is 2.38. The van der Waals surface area contributed by atoms with Crippen LogP contribution in [0.3, 0.4) is 0 Å². The van der Waals surface area contributed by atoms with Gasteiger partial charge in [-0.1, -0.05) is 0 Å². The fourth-order valence-corrected chi connectivity index (χ4v) is 4.38. The molecule has 136 valence electrons. The van der Waals surface area contributed by atoms with Crippen molar-refractivity contribution in [1.82, 2.24) is 14.9 Å². The van der Waals surface area contributed by atoms with Gasteiger partial charge in [-0.15, -0.1) is 0 Å². The van der Waals surface area contributed by atoms with Crippen LogP contribution in [-0.2, 0) is 4.79 Å². The SMILES string of the molecule is CCN(C)c1cc(N2CCC[C@@]3(CCC(=O)N(C4CC4)C3)C2)ncn1. The minimum atomic E-state index is 0.247. The third-order valence-corrected chi connectivity index (χ3v) is 6.17. The lowest BCUT2D eigenvalue weighted by Gasteiger charge is -2.48. The number of hydrogen-bond acceptors (Lipinski definition) is 5. The number of piperidine rings is 2. The molecule has 0 N–H and O–H groups in total. The van der Waals surface area contributed by atoms with Gasteiger partial charge in [0.05, 0.1) is 0 Å². The van der Waals surface area contributed by atoms with Gasteiger partial charge in [0.1, 0.15) is 18.0 Å². The molecule has 1 aromatic heterocycles. The highest BCUT2D eigenvalue weighted by molar-refractivity contribution is 5.78. The smallest absolute Gasteiger partial charge is 0.222 e. The molecule has 6 heteroatoms. The van der Waals surface area contributed by atoms with Crippen molar-refractivity contribution < 1.29 is 4.79 Å². The molecule has 4 rings (SSSR count). The van der Waals surface area contributed by atoms with E-state index >= 15 is 0 Å². The number of likely N-dealkylation sites (tertiary alicyclic amines) is 1. The second-order valence-electron chi connectivity index (χ2n) is 8.03. The van der Waals surface area contributed by atoms with Gasteiger partial charge in [-0.05, 0) is 39.0 Å². The Morgan fingerprint density at radius 2 is 2.12 bits per heavy atom. The van der Waals surface area contributed by atoms with Crippen LogP contribution in [-0.4, -0.2) is 60.0 Å². The fourth-order valence-electron chi connectivity index (χ4n) is 4.38. The van der Waals surface area contributed by atoms with Crippen molar-refractivity contribution in [2.45, 2.75) is 51.5 Å². The molecule has 1 aliphatic carbocycles. The number of rotatable bonds is 4. The first-order valence-electron chi connectivity index (χ1n) is 9.68.